The van der Waals surface area contributed by atoms with Crippen molar-refractivity contribution in [2.45, 2.75) is 115 Å². The van der Waals surface area contributed by atoms with E-state index in [0.29, 0.717) is 26.2 Å². The van der Waals surface area contributed by atoms with Gasteiger partial charge < -0.3 is 42.1 Å². The zero-order valence-electron chi connectivity index (χ0n) is 34.7. The van der Waals surface area contributed by atoms with Crippen LogP contribution in [0, 0.1) is 0 Å². The van der Waals surface area contributed by atoms with Gasteiger partial charge in [-0.05, 0) is 75.1 Å². The van der Waals surface area contributed by atoms with Crippen LogP contribution in [0.5, 0.6) is 0 Å². The summed E-state index contributed by atoms with van der Waals surface area (Å²) < 4.78 is 63.5. The molecule has 4 amide bonds. The number of aromatic nitrogens is 2. The van der Waals surface area contributed by atoms with Crippen molar-refractivity contribution in [3.63, 3.8) is 0 Å². The predicted octanol–water partition coefficient (Wildman–Crippen LogP) is 4.55. The molecule has 16 nitrogen and oxygen atoms in total. The molecule has 0 bridgehead atoms. The Morgan fingerprint density at radius 1 is 0.452 bits per heavy atom. The standard InChI is InChI=1S/C36H58N8O4.2C2HF3O2/c45-33(15-17-35(47)43-29-31-13-9-21-39-27-31)41-25-11-23-37-19-7-5-3-1-2-4-6-8-20-38-24-12-26-42-34(46)16-18-36(48)44-30-32-14-10-22-40-28-32;2*3-2(4,5)1(6)7/h9-10,13-14,21-22,27-28,37-38H,1-8,11-12,15-20,23-26,29-30H2,(H,41,45)(H,42,46)(H,43,47)(H,44,48);2*(H,6,7). The molecule has 350 valence electrons. The number of carbonyl (C=O) groups is 6. The first-order chi connectivity index (χ1) is 29.4. The number of rotatable bonds is 29. The van der Waals surface area contributed by atoms with Gasteiger partial charge in [-0.3, -0.25) is 29.1 Å². The molecule has 0 aromatic carbocycles. The van der Waals surface area contributed by atoms with E-state index in [2.05, 4.69) is 41.9 Å². The van der Waals surface area contributed by atoms with Crippen LogP contribution in [0.25, 0.3) is 0 Å². The molecule has 22 heteroatoms. The third-order valence-electron chi connectivity index (χ3n) is 8.23. The van der Waals surface area contributed by atoms with Crippen molar-refractivity contribution >= 4 is 35.6 Å². The van der Waals surface area contributed by atoms with Crippen LogP contribution in [0.1, 0.15) is 101 Å². The molecule has 2 rings (SSSR count). The zero-order valence-corrected chi connectivity index (χ0v) is 34.7. The summed E-state index contributed by atoms with van der Waals surface area (Å²) in [5.41, 5.74) is 1.87. The van der Waals surface area contributed by atoms with Gasteiger partial charge in [0.2, 0.25) is 23.6 Å². The summed E-state index contributed by atoms with van der Waals surface area (Å²) in [5.74, 6) is -5.96. The number of halogens is 6. The molecule has 62 heavy (non-hydrogen) atoms. The number of nitrogens with zero attached hydrogens (tertiary/aromatic N) is 2. The molecule has 0 fully saturated rings. The van der Waals surface area contributed by atoms with Crippen LogP contribution in [0.15, 0.2) is 49.1 Å². The Kier molecular flexibility index (Phi) is 32.2. The molecule has 0 saturated carbocycles. The Balaban J connectivity index is 0.00000227. The quantitative estimate of drug-likeness (QED) is 0.0415. The van der Waals surface area contributed by atoms with Gasteiger partial charge in [-0.15, -0.1) is 0 Å². The van der Waals surface area contributed by atoms with E-state index in [1.807, 2.05) is 24.3 Å². The van der Waals surface area contributed by atoms with Crippen LogP contribution in [-0.2, 0) is 41.9 Å². The third-order valence-corrected chi connectivity index (χ3v) is 8.23. The summed E-state index contributed by atoms with van der Waals surface area (Å²) in [5, 5.41) is 32.5. The molecule has 2 heterocycles. The molecule has 2 aromatic heterocycles. The summed E-state index contributed by atoms with van der Waals surface area (Å²) in [6, 6.07) is 7.45. The van der Waals surface area contributed by atoms with E-state index in [9.17, 15) is 45.5 Å². The first-order valence-corrected chi connectivity index (χ1v) is 20.3. The van der Waals surface area contributed by atoms with Crippen molar-refractivity contribution in [3.05, 3.63) is 60.2 Å². The maximum atomic E-state index is 11.9. The predicted molar refractivity (Wildman–Crippen MR) is 216 cm³/mol. The van der Waals surface area contributed by atoms with Gasteiger partial charge in [0.15, 0.2) is 0 Å². The summed E-state index contributed by atoms with van der Waals surface area (Å²) in [6.07, 6.45) is 9.10. The number of pyridine rings is 2. The number of nitrogens with one attached hydrogen (secondary N) is 6. The lowest BCUT2D eigenvalue weighted by Gasteiger charge is -2.08. The highest BCUT2D eigenvalue weighted by atomic mass is 19.4. The normalized spacial score (nSPS) is 10.9. The van der Waals surface area contributed by atoms with Crippen LogP contribution in [0.2, 0.25) is 0 Å². The summed E-state index contributed by atoms with van der Waals surface area (Å²) >= 11 is 0. The van der Waals surface area contributed by atoms with Gasteiger partial charge in [0.25, 0.3) is 0 Å². The number of alkyl halides is 6. The van der Waals surface area contributed by atoms with Crippen LogP contribution in [0.4, 0.5) is 26.3 Å². The fourth-order valence-corrected chi connectivity index (χ4v) is 4.91. The van der Waals surface area contributed by atoms with Gasteiger partial charge in [-0.2, -0.15) is 26.3 Å². The van der Waals surface area contributed by atoms with Gasteiger partial charge in [0.05, 0.1) is 0 Å². The van der Waals surface area contributed by atoms with Gasteiger partial charge in [-0.1, -0.05) is 50.7 Å². The summed E-state index contributed by atoms with van der Waals surface area (Å²) in [4.78, 5) is 73.5. The Labute approximate surface area is 357 Å². The maximum Gasteiger partial charge on any atom is 0.490 e. The Bertz CT molecular complexity index is 1430. The number of aliphatic carboxylic acids is 2. The van der Waals surface area contributed by atoms with Crippen molar-refractivity contribution in [2.24, 2.45) is 0 Å². The van der Waals surface area contributed by atoms with Crippen molar-refractivity contribution in [2.75, 3.05) is 39.3 Å². The van der Waals surface area contributed by atoms with Crippen LogP contribution < -0.4 is 31.9 Å². The average Bonchev–Trinajstić information content (AvgIpc) is 3.23. The van der Waals surface area contributed by atoms with Crippen LogP contribution in [-0.4, -0.2) is 107 Å². The molecule has 0 unspecified atom stereocenters. The number of hydrogen-bond donors (Lipinski definition) is 8. The highest BCUT2D eigenvalue weighted by molar-refractivity contribution is 5.84. The van der Waals surface area contributed by atoms with Gasteiger partial charge in [0, 0.05) is 76.6 Å². The smallest absolute Gasteiger partial charge is 0.475 e. The molecule has 0 aliphatic heterocycles. The number of carboxylic acids is 2. The highest BCUT2D eigenvalue weighted by Crippen LogP contribution is 2.14. The van der Waals surface area contributed by atoms with Gasteiger partial charge in [0.1, 0.15) is 0 Å². The molecule has 0 saturated heterocycles. The minimum atomic E-state index is -5.08. The molecule has 0 atom stereocenters. The van der Waals surface area contributed by atoms with E-state index in [0.717, 1.165) is 50.1 Å². The molecule has 0 spiro atoms. The van der Waals surface area contributed by atoms with Gasteiger partial charge >= 0.3 is 24.3 Å². The Morgan fingerprint density at radius 3 is 1.03 bits per heavy atom. The first kappa shape index (κ1) is 56.6. The second-order valence-electron chi connectivity index (χ2n) is 13.6. The molecule has 0 radical (unpaired) electrons. The first-order valence-electron chi connectivity index (χ1n) is 20.3. The molecular weight excluding hydrogens is 834 g/mol. The number of hydrogen-bond acceptors (Lipinski definition) is 10. The van der Waals surface area contributed by atoms with Crippen LogP contribution in [0.3, 0.4) is 0 Å². The fourth-order valence-electron chi connectivity index (χ4n) is 4.91. The molecule has 2 aromatic rings. The molecule has 0 aliphatic carbocycles. The van der Waals surface area contributed by atoms with Gasteiger partial charge in [-0.25, -0.2) is 9.59 Å². The SMILES string of the molecule is O=C(CCC(=O)NCc1cccnc1)NCCCNCCCCCCCCCCNCCCNC(=O)CCC(=O)NCc1cccnc1.O=C(O)C(F)(F)F.O=C(O)C(F)(F)F. The molecule has 0 aliphatic rings. The van der Waals surface area contributed by atoms with Crippen LogP contribution >= 0.6 is 0 Å². The topological polar surface area (TPSA) is 241 Å². The van der Waals surface area contributed by atoms with Crippen molar-refractivity contribution in [1.82, 2.24) is 41.9 Å². The molecule has 8 N–H and O–H groups in total. The second-order valence-corrected chi connectivity index (χ2v) is 13.6. The van der Waals surface area contributed by atoms with E-state index in [1.165, 1.54) is 51.4 Å². The van der Waals surface area contributed by atoms with Crippen molar-refractivity contribution in [1.29, 1.82) is 0 Å². The van der Waals surface area contributed by atoms with E-state index >= 15 is 0 Å². The fraction of sp³-hybridized carbons (Fsp3) is 0.600. The van der Waals surface area contributed by atoms with E-state index in [4.69, 9.17) is 19.8 Å². The average molecular weight is 895 g/mol. The zero-order chi connectivity index (χ0) is 46.5. The Morgan fingerprint density at radius 2 is 0.742 bits per heavy atom. The molecular formula is C40H60F6N8O8. The van der Waals surface area contributed by atoms with E-state index in [1.54, 1.807) is 24.8 Å². The minimum Gasteiger partial charge on any atom is -0.475 e. The number of unbranched alkanes of at least 4 members (excludes halogenated alkanes) is 7. The summed E-state index contributed by atoms with van der Waals surface area (Å²) in [6.45, 7) is 5.85. The maximum absolute atomic E-state index is 11.9. The largest absolute Gasteiger partial charge is 0.490 e. The van der Waals surface area contributed by atoms with Crippen molar-refractivity contribution < 1.29 is 65.3 Å². The highest BCUT2D eigenvalue weighted by Gasteiger charge is 2.38. The van der Waals surface area contributed by atoms with E-state index < -0.39 is 24.3 Å². The van der Waals surface area contributed by atoms with E-state index in [-0.39, 0.29) is 49.3 Å². The monoisotopic (exact) mass is 894 g/mol. The number of carboxylic acid groups (broad SMARTS) is 2. The van der Waals surface area contributed by atoms with Crippen molar-refractivity contribution in [3.8, 4) is 0 Å². The lowest BCUT2D eigenvalue weighted by molar-refractivity contribution is -0.193. The summed E-state index contributed by atoms with van der Waals surface area (Å²) in [7, 11) is 0. The second kappa shape index (κ2) is 35.2. The number of amides is 4. The third kappa shape index (κ3) is 36.5. The lowest BCUT2D eigenvalue weighted by Crippen LogP contribution is -2.29. The lowest BCUT2D eigenvalue weighted by atomic mass is 10.1. The number of carbonyl (C=O) groups excluding carboxylic acids is 4. The minimum absolute atomic E-state index is 0.0880. The Hall–Kier alpha value is -5.38.